The van der Waals surface area contributed by atoms with Gasteiger partial charge in [0.1, 0.15) is 0 Å². The summed E-state index contributed by atoms with van der Waals surface area (Å²) in [6, 6.07) is 0.686. The maximum atomic E-state index is 3.33. The average Bonchev–Trinajstić information content (AvgIpc) is 1.94. The molecule has 0 aromatic carbocycles. The lowest BCUT2D eigenvalue weighted by molar-refractivity contribution is 0.241. The first-order chi connectivity index (χ1) is 4.74. The predicted octanol–water partition coefficient (Wildman–Crippen LogP) is 0.706. The van der Waals surface area contributed by atoms with Gasteiger partial charge in [0.05, 0.1) is 0 Å². The Morgan fingerprint density at radius 2 is 2.30 bits per heavy atom. The molecule has 1 rings (SSSR count). The van der Waals surface area contributed by atoms with E-state index in [0.29, 0.717) is 6.04 Å². The Balaban J connectivity index is 2.38. The summed E-state index contributed by atoms with van der Waals surface area (Å²) in [6.45, 7) is 4.71. The highest BCUT2D eigenvalue weighted by molar-refractivity contribution is 7.13. The van der Waals surface area contributed by atoms with Crippen molar-refractivity contribution in [3.05, 3.63) is 0 Å². The van der Waals surface area contributed by atoms with Crippen LogP contribution in [0, 0.1) is 5.92 Å². The monoisotopic (exact) mass is 160 g/mol. The quantitative estimate of drug-likeness (QED) is 0.568. The largest absolute Gasteiger partial charge is 0.315 e. The molecule has 1 aliphatic heterocycles. The first kappa shape index (κ1) is 8.45. The van der Waals surface area contributed by atoms with Gasteiger partial charge >= 0.3 is 0 Å². The lowest BCUT2D eigenvalue weighted by atomic mass is 9.95. The van der Waals surface area contributed by atoms with Crippen molar-refractivity contribution in [1.82, 2.24) is 9.99 Å². The van der Waals surface area contributed by atoms with Crippen molar-refractivity contribution in [2.75, 3.05) is 20.1 Å². The normalized spacial score (nSPS) is 36.3. The number of rotatable bonds is 1. The Morgan fingerprint density at radius 3 is 2.80 bits per heavy atom. The van der Waals surface area contributed by atoms with Crippen LogP contribution in [0.4, 0.5) is 0 Å². The van der Waals surface area contributed by atoms with E-state index in [4.69, 9.17) is 0 Å². The Kier molecular flexibility index (Phi) is 3.09. The first-order valence-corrected chi connectivity index (χ1v) is 4.42. The van der Waals surface area contributed by atoms with Crippen LogP contribution in [-0.2, 0) is 0 Å². The summed E-state index contributed by atoms with van der Waals surface area (Å²) in [6.07, 6.45) is 1.31. The number of piperidine rings is 1. The molecule has 2 nitrogen and oxygen atoms in total. The molecule has 0 amide bonds. The number of hydrogen-bond donors (Lipinski definition) is 1. The van der Waals surface area contributed by atoms with E-state index in [9.17, 15) is 0 Å². The zero-order valence-corrected chi connectivity index (χ0v) is 7.96. The van der Waals surface area contributed by atoms with E-state index < -0.39 is 0 Å². The molecule has 0 aromatic heterocycles. The van der Waals surface area contributed by atoms with Gasteiger partial charge < -0.3 is 5.32 Å². The van der Waals surface area contributed by atoms with Gasteiger partial charge in [-0.15, -0.1) is 0 Å². The third kappa shape index (κ3) is 1.91. The van der Waals surface area contributed by atoms with Crippen LogP contribution in [0.1, 0.15) is 13.3 Å². The molecule has 1 unspecified atom stereocenters. The van der Waals surface area contributed by atoms with E-state index in [2.05, 4.69) is 26.3 Å². The molecule has 0 spiro atoms. The zero-order chi connectivity index (χ0) is 7.56. The van der Waals surface area contributed by atoms with Crippen molar-refractivity contribution < 1.29 is 0 Å². The Hall–Kier alpha value is 0.350. The van der Waals surface area contributed by atoms with Crippen LogP contribution in [0.5, 0.6) is 0 Å². The molecule has 1 saturated heterocycles. The summed E-state index contributed by atoms with van der Waals surface area (Å²) in [4.78, 5) is 0. The molecular formula is C7H17N2P. The summed E-state index contributed by atoms with van der Waals surface area (Å²) in [5.41, 5.74) is 0. The predicted molar refractivity (Wildman–Crippen MR) is 47.9 cm³/mol. The van der Waals surface area contributed by atoms with Crippen LogP contribution in [0.25, 0.3) is 0 Å². The average molecular weight is 160 g/mol. The van der Waals surface area contributed by atoms with E-state index in [1.807, 2.05) is 7.05 Å². The van der Waals surface area contributed by atoms with E-state index >= 15 is 0 Å². The van der Waals surface area contributed by atoms with Crippen LogP contribution in [-0.4, -0.2) is 30.8 Å². The third-order valence-corrected chi connectivity index (χ3v) is 2.83. The molecule has 60 valence electrons. The van der Waals surface area contributed by atoms with Crippen LogP contribution >= 0.6 is 9.39 Å². The maximum Gasteiger partial charge on any atom is 0.0221 e. The summed E-state index contributed by atoms with van der Waals surface area (Å²) >= 11 is 0. The molecule has 1 N–H and O–H groups in total. The Bertz CT molecular complexity index is 108. The van der Waals surface area contributed by atoms with Gasteiger partial charge in [-0.2, -0.15) is 0 Å². The van der Waals surface area contributed by atoms with Gasteiger partial charge in [0, 0.05) is 19.1 Å². The molecule has 1 heterocycles. The number of likely N-dealkylation sites (N-methyl/N-ethyl adjacent to an activating group) is 1. The highest BCUT2D eigenvalue weighted by Gasteiger charge is 2.22. The Morgan fingerprint density at radius 1 is 1.60 bits per heavy atom. The molecule has 0 bridgehead atoms. The molecule has 3 atom stereocenters. The van der Waals surface area contributed by atoms with Gasteiger partial charge in [0.2, 0.25) is 0 Å². The van der Waals surface area contributed by atoms with Gasteiger partial charge in [0.25, 0.3) is 0 Å². The molecule has 1 aliphatic rings. The molecule has 0 radical (unpaired) electrons. The SMILES string of the molecule is CN[C@H]1CN(P)CC[C@H]1C. The smallest absolute Gasteiger partial charge is 0.0221 e. The van der Waals surface area contributed by atoms with Crippen LogP contribution < -0.4 is 5.32 Å². The lowest BCUT2D eigenvalue weighted by Gasteiger charge is -2.34. The van der Waals surface area contributed by atoms with Crippen LogP contribution in [0.15, 0.2) is 0 Å². The van der Waals surface area contributed by atoms with Gasteiger partial charge in [-0.25, -0.2) is 0 Å². The first-order valence-electron chi connectivity index (χ1n) is 3.91. The van der Waals surface area contributed by atoms with Crippen molar-refractivity contribution in [3.63, 3.8) is 0 Å². The molecular weight excluding hydrogens is 143 g/mol. The van der Waals surface area contributed by atoms with E-state index in [-0.39, 0.29) is 0 Å². The fourth-order valence-electron chi connectivity index (χ4n) is 1.47. The van der Waals surface area contributed by atoms with Gasteiger partial charge in [-0.1, -0.05) is 16.3 Å². The fourth-order valence-corrected chi connectivity index (χ4v) is 1.85. The van der Waals surface area contributed by atoms with Crippen molar-refractivity contribution >= 4 is 9.39 Å². The van der Waals surface area contributed by atoms with Crippen molar-refractivity contribution in [3.8, 4) is 0 Å². The van der Waals surface area contributed by atoms with E-state index in [1.165, 1.54) is 19.5 Å². The molecule has 10 heavy (non-hydrogen) atoms. The summed E-state index contributed by atoms with van der Waals surface area (Å²) < 4.78 is 2.31. The second-order valence-corrected chi connectivity index (χ2v) is 3.89. The molecule has 0 saturated carbocycles. The summed E-state index contributed by atoms with van der Waals surface area (Å²) in [5.74, 6) is 0.835. The Labute approximate surface area is 65.6 Å². The van der Waals surface area contributed by atoms with E-state index in [1.54, 1.807) is 0 Å². The van der Waals surface area contributed by atoms with Crippen molar-refractivity contribution in [1.29, 1.82) is 0 Å². The summed E-state index contributed by atoms with van der Waals surface area (Å²) in [7, 11) is 4.81. The van der Waals surface area contributed by atoms with Crippen LogP contribution in [0.2, 0.25) is 0 Å². The topological polar surface area (TPSA) is 15.3 Å². The van der Waals surface area contributed by atoms with Gasteiger partial charge in [-0.05, 0) is 19.4 Å². The second kappa shape index (κ2) is 3.66. The zero-order valence-electron chi connectivity index (χ0n) is 6.80. The second-order valence-electron chi connectivity index (χ2n) is 3.16. The highest BCUT2D eigenvalue weighted by atomic mass is 31.0. The van der Waals surface area contributed by atoms with Gasteiger partial charge in [0.15, 0.2) is 0 Å². The number of hydrogen-bond acceptors (Lipinski definition) is 2. The van der Waals surface area contributed by atoms with Crippen molar-refractivity contribution in [2.45, 2.75) is 19.4 Å². The summed E-state index contributed by atoms with van der Waals surface area (Å²) in [5, 5.41) is 3.33. The van der Waals surface area contributed by atoms with Crippen LogP contribution in [0.3, 0.4) is 0 Å². The molecule has 0 aromatic rings. The standard InChI is InChI=1S/C7H17N2P/c1-6-3-4-9(10)5-7(6)8-2/h6-8H,3-5,10H2,1-2H3/t6-,7+/m1/s1. The van der Waals surface area contributed by atoms with Crippen molar-refractivity contribution in [2.24, 2.45) is 5.92 Å². The minimum atomic E-state index is 0.686. The van der Waals surface area contributed by atoms with E-state index in [0.717, 1.165) is 5.92 Å². The minimum absolute atomic E-state index is 0.686. The number of nitrogens with one attached hydrogen (secondary N) is 1. The lowest BCUT2D eigenvalue weighted by Crippen LogP contribution is -2.45. The fraction of sp³-hybridized carbons (Fsp3) is 1.00. The maximum absolute atomic E-state index is 3.33. The molecule has 0 aliphatic carbocycles. The third-order valence-electron chi connectivity index (χ3n) is 2.36. The van der Waals surface area contributed by atoms with Gasteiger partial charge in [-0.3, -0.25) is 4.67 Å². The highest BCUT2D eigenvalue weighted by Crippen LogP contribution is 2.18. The molecule has 3 heteroatoms. The number of nitrogens with zero attached hydrogens (tertiary/aromatic N) is 1. The minimum Gasteiger partial charge on any atom is -0.315 e. The molecule has 1 fully saturated rings.